The average Bonchev–Trinajstić information content (AvgIpc) is 3.23. The van der Waals surface area contributed by atoms with Gasteiger partial charge < -0.3 is 15.2 Å². The molecule has 0 aliphatic carbocycles. The maximum atomic E-state index is 15.2. The molecule has 2 N–H and O–H groups in total. The second kappa shape index (κ2) is 10.0. The molecule has 0 atom stereocenters. The van der Waals surface area contributed by atoms with Crippen LogP contribution in [0.3, 0.4) is 0 Å². The molecule has 8 heteroatoms. The van der Waals surface area contributed by atoms with Crippen LogP contribution in [-0.4, -0.2) is 47.2 Å². The predicted molar refractivity (Wildman–Crippen MR) is 132 cm³/mol. The Morgan fingerprint density at radius 1 is 1.12 bits per heavy atom. The van der Waals surface area contributed by atoms with Gasteiger partial charge in [-0.2, -0.15) is 0 Å². The van der Waals surface area contributed by atoms with Crippen LogP contribution in [0.4, 0.5) is 15.2 Å². The quantitative estimate of drug-likeness (QED) is 0.502. The smallest absolute Gasteiger partial charge is 0.198 e. The molecule has 6 nitrogen and oxygen atoms in total. The van der Waals surface area contributed by atoms with Crippen molar-refractivity contribution >= 4 is 33.1 Å². The van der Waals surface area contributed by atoms with Crippen LogP contribution in [-0.2, 0) is 6.54 Å². The predicted octanol–water partition coefficient (Wildman–Crippen LogP) is 4.57. The number of hydrogen-bond donors (Lipinski definition) is 1. The highest BCUT2D eigenvalue weighted by atomic mass is 32.1. The van der Waals surface area contributed by atoms with E-state index < -0.39 is 0 Å². The standard InChI is InChI=1S/C24H32FN5OS/c1-3-5-6-7-8-28-9-11-30(12-10-28)22-14-21-17(13-19(22)25)23(31)18(15-29(21)4-2)20-16-32-24(26)27-20/h13-16H,3-12H2,1-2H3,(H2,26,27). The number of rotatable bonds is 8. The lowest BCUT2D eigenvalue weighted by atomic mass is 10.1. The lowest BCUT2D eigenvalue weighted by Crippen LogP contribution is -2.47. The van der Waals surface area contributed by atoms with Gasteiger partial charge in [-0.1, -0.05) is 26.2 Å². The summed E-state index contributed by atoms with van der Waals surface area (Å²) in [5.74, 6) is -0.344. The van der Waals surface area contributed by atoms with Gasteiger partial charge in [-0.25, -0.2) is 9.37 Å². The summed E-state index contributed by atoms with van der Waals surface area (Å²) in [6, 6.07) is 3.24. The molecule has 0 amide bonds. The summed E-state index contributed by atoms with van der Waals surface area (Å²) < 4.78 is 17.2. The summed E-state index contributed by atoms with van der Waals surface area (Å²) in [6.45, 7) is 9.50. The lowest BCUT2D eigenvalue weighted by Gasteiger charge is -2.36. The molecule has 1 fully saturated rings. The molecule has 2 aromatic heterocycles. The van der Waals surface area contributed by atoms with E-state index in [4.69, 9.17) is 5.73 Å². The molecule has 0 spiro atoms. The molecule has 172 valence electrons. The van der Waals surface area contributed by atoms with Crippen LogP contribution in [0.15, 0.2) is 28.5 Å². The molecule has 1 saturated heterocycles. The fourth-order valence-electron chi connectivity index (χ4n) is 4.47. The lowest BCUT2D eigenvalue weighted by molar-refractivity contribution is 0.251. The van der Waals surface area contributed by atoms with E-state index in [9.17, 15) is 4.79 Å². The molecular weight excluding hydrogens is 425 g/mol. The monoisotopic (exact) mass is 457 g/mol. The highest BCUT2D eigenvalue weighted by molar-refractivity contribution is 7.13. The maximum Gasteiger partial charge on any atom is 0.198 e. The van der Waals surface area contributed by atoms with Crippen LogP contribution in [0.2, 0.25) is 0 Å². The topological polar surface area (TPSA) is 67.4 Å². The number of fused-ring (bicyclic) bond motifs is 1. The first kappa shape index (κ1) is 22.7. The number of thiazole rings is 1. The Morgan fingerprint density at radius 3 is 2.56 bits per heavy atom. The van der Waals surface area contributed by atoms with Crippen molar-refractivity contribution in [2.75, 3.05) is 43.4 Å². The Hall–Kier alpha value is -2.45. The highest BCUT2D eigenvalue weighted by Gasteiger charge is 2.22. The molecule has 3 heterocycles. The SMILES string of the molecule is CCCCCCN1CCN(c2cc3c(cc2F)c(=O)c(-c2csc(N)n2)cn3CC)CC1. The molecule has 4 rings (SSSR count). The maximum absolute atomic E-state index is 15.2. The molecule has 32 heavy (non-hydrogen) atoms. The average molecular weight is 458 g/mol. The first-order chi connectivity index (χ1) is 15.5. The van der Waals surface area contributed by atoms with Crippen molar-refractivity contribution in [3.8, 4) is 11.3 Å². The molecule has 1 aliphatic heterocycles. The molecule has 0 unspecified atom stereocenters. The Morgan fingerprint density at radius 2 is 1.91 bits per heavy atom. The van der Waals surface area contributed by atoms with Gasteiger partial charge in [0.15, 0.2) is 10.6 Å². The number of aromatic nitrogens is 2. The van der Waals surface area contributed by atoms with Gasteiger partial charge in [0.05, 0.1) is 22.5 Å². The summed E-state index contributed by atoms with van der Waals surface area (Å²) in [5.41, 5.74) is 7.87. The number of piperazine rings is 1. The minimum Gasteiger partial charge on any atom is -0.375 e. The van der Waals surface area contributed by atoms with Gasteiger partial charge in [0.1, 0.15) is 5.82 Å². The molecule has 1 aliphatic rings. The molecular formula is C24H32FN5OS. The van der Waals surface area contributed by atoms with E-state index >= 15 is 4.39 Å². The van der Waals surface area contributed by atoms with Crippen molar-refractivity contribution in [3.63, 3.8) is 0 Å². The molecule has 1 aromatic carbocycles. The summed E-state index contributed by atoms with van der Waals surface area (Å²) in [4.78, 5) is 22.0. The number of nitrogens with two attached hydrogens (primary N) is 1. The third-order valence-corrected chi connectivity index (χ3v) is 7.00. The fourth-order valence-corrected chi connectivity index (χ4v) is 5.03. The summed E-state index contributed by atoms with van der Waals surface area (Å²) in [6.07, 6.45) is 6.86. The third-order valence-electron chi connectivity index (χ3n) is 6.33. The van der Waals surface area contributed by atoms with Crippen LogP contribution in [0.25, 0.3) is 22.2 Å². The Bertz CT molecular complexity index is 1130. The van der Waals surface area contributed by atoms with E-state index in [-0.39, 0.29) is 11.2 Å². The number of halogens is 1. The van der Waals surface area contributed by atoms with Crippen molar-refractivity contribution in [2.45, 2.75) is 46.1 Å². The van der Waals surface area contributed by atoms with Gasteiger partial charge >= 0.3 is 0 Å². The van der Waals surface area contributed by atoms with Crippen LogP contribution in [0, 0.1) is 5.82 Å². The normalized spacial score (nSPS) is 15.0. The summed E-state index contributed by atoms with van der Waals surface area (Å²) >= 11 is 1.29. The Labute approximate surface area is 192 Å². The highest BCUT2D eigenvalue weighted by Crippen LogP contribution is 2.28. The zero-order valence-electron chi connectivity index (χ0n) is 18.9. The Balaban J connectivity index is 1.60. The van der Waals surface area contributed by atoms with Gasteiger partial charge in [-0.05, 0) is 32.0 Å². The van der Waals surface area contributed by atoms with Crippen molar-refractivity contribution in [1.29, 1.82) is 0 Å². The minimum atomic E-state index is -0.344. The first-order valence-electron chi connectivity index (χ1n) is 11.6. The number of hydrogen-bond acceptors (Lipinski definition) is 6. The second-order valence-corrected chi connectivity index (χ2v) is 9.33. The van der Waals surface area contributed by atoms with Gasteiger partial charge in [0, 0.05) is 49.7 Å². The van der Waals surface area contributed by atoms with Crippen LogP contribution >= 0.6 is 11.3 Å². The van der Waals surface area contributed by atoms with Gasteiger partial charge in [0.2, 0.25) is 0 Å². The van der Waals surface area contributed by atoms with Gasteiger partial charge in [-0.15, -0.1) is 11.3 Å². The second-order valence-electron chi connectivity index (χ2n) is 8.44. The summed E-state index contributed by atoms with van der Waals surface area (Å²) in [7, 11) is 0. The number of benzene rings is 1. The van der Waals surface area contributed by atoms with E-state index in [1.807, 2.05) is 23.8 Å². The van der Waals surface area contributed by atoms with Crippen LogP contribution < -0.4 is 16.1 Å². The minimum absolute atomic E-state index is 0.211. The zero-order chi connectivity index (χ0) is 22.7. The van der Waals surface area contributed by atoms with E-state index in [1.54, 1.807) is 5.38 Å². The van der Waals surface area contributed by atoms with Crippen molar-refractivity contribution in [2.24, 2.45) is 0 Å². The van der Waals surface area contributed by atoms with E-state index in [2.05, 4.69) is 21.7 Å². The fraction of sp³-hybridized carbons (Fsp3) is 0.500. The summed E-state index contributed by atoms with van der Waals surface area (Å²) in [5, 5.41) is 2.56. The largest absolute Gasteiger partial charge is 0.375 e. The van der Waals surface area contributed by atoms with Crippen LogP contribution in [0.1, 0.15) is 39.5 Å². The van der Waals surface area contributed by atoms with E-state index in [0.29, 0.717) is 34.0 Å². The molecule has 0 saturated carbocycles. The first-order valence-corrected chi connectivity index (χ1v) is 12.4. The van der Waals surface area contributed by atoms with Gasteiger partial charge in [-0.3, -0.25) is 9.69 Å². The Kier molecular flexibility index (Phi) is 7.10. The van der Waals surface area contributed by atoms with Crippen molar-refractivity contribution < 1.29 is 4.39 Å². The number of nitrogen functional groups attached to an aromatic ring is 1. The van der Waals surface area contributed by atoms with Crippen molar-refractivity contribution in [1.82, 2.24) is 14.5 Å². The van der Waals surface area contributed by atoms with Gasteiger partial charge in [0.25, 0.3) is 0 Å². The molecule has 0 radical (unpaired) electrons. The number of nitrogens with zero attached hydrogens (tertiary/aromatic N) is 4. The number of unbranched alkanes of at least 4 members (excludes halogenated alkanes) is 3. The molecule has 3 aromatic rings. The van der Waals surface area contributed by atoms with E-state index in [1.165, 1.54) is 43.1 Å². The third kappa shape index (κ3) is 4.66. The number of aryl methyl sites for hydroxylation is 1. The molecule has 0 bridgehead atoms. The zero-order valence-corrected chi connectivity index (χ0v) is 19.8. The number of anilines is 2. The van der Waals surface area contributed by atoms with Crippen LogP contribution in [0.5, 0.6) is 0 Å². The van der Waals surface area contributed by atoms with Crippen molar-refractivity contribution in [3.05, 3.63) is 39.8 Å². The number of pyridine rings is 1. The van der Waals surface area contributed by atoms with E-state index in [0.717, 1.165) is 38.2 Å².